The summed E-state index contributed by atoms with van der Waals surface area (Å²) in [5.74, 6) is 0. The van der Waals surface area contributed by atoms with Crippen molar-refractivity contribution in [2.45, 2.75) is 23.8 Å². The Bertz CT molecular complexity index is 365. The first-order chi connectivity index (χ1) is 6.86. The molecule has 1 aromatic carbocycles. The Morgan fingerprint density at radius 1 is 1.43 bits per heavy atom. The minimum absolute atomic E-state index is 0.774. The number of nitrogens with one attached hydrogen (secondary N) is 1. The summed E-state index contributed by atoms with van der Waals surface area (Å²) in [4.78, 5) is 3.79. The van der Waals surface area contributed by atoms with Crippen LogP contribution >= 0.6 is 27.9 Å². The first kappa shape index (κ1) is 9.07. The average Bonchev–Trinajstić information content (AvgIpc) is 3.01. The van der Waals surface area contributed by atoms with Gasteiger partial charge >= 0.3 is 0 Å². The topological polar surface area (TPSA) is 15.3 Å². The van der Waals surface area contributed by atoms with E-state index in [2.05, 4.69) is 43.8 Å². The van der Waals surface area contributed by atoms with Crippen LogP contribution in [-0.4, -0.2) is 12.7 Å². The third-order valence-electron chi connectivity index (χ3n) is 2.65. The normalized spacial score (nSPS) is 20.8. The Balaban J connectivity index is 2.05. The van der Waals surface area contributed by atoms with Crippen LogP contribution < -0.4 is 9.62 Å². The second-order valence-corrected chi connectivity index (χ2v) is 5.45. The lowest BCUT2D eigenvalue weighted by Crippen LogP contribution is -2.36. The van der Waals surface area contributed by atoms with Gasteiger partial charge in [-0.15, -0.1) is 0 Å². The molecule has 1 saturated carbocycles. The molecule has 1 aliphatic carbocycles. The van der Waals surface area contributed by atoms with Gasteiger partial charge in [0.2, 0.25) is 0 Å². The summed E-state index contributed by atoms with van der Waals surface area (Å²) in [6, 6.07) is 7.21. The van der Waals surface area contributed by atoms with Crippen LogP contribution in [0, 0.1) is 0 Å². The molecule has 0 unspecified atom stereocenters. The molecule has 3 rings (SSSR count). The number of anilines is 1. The maximum Gasteiger partial charge on any atom is 0.0781 e. The van der Waals surface area contributed by atoms with Crippen molar-refractivity contribution < 1.29 is 0 Å². The first-order valence-electron chi connectivity index (χ1n) is 4.81. The van der Waals surface area contributed by atoms with Crippen LogP contribution in [0.4, 0.5) is 5.69 Å². The molecular formula is C10H11BrN2S. The molecule has 0 saturated heterocycles. The largest absolute Gasteiger partial charge is 0.354 e. The van der Waals surface area contributed by atoms with E-state index in [-0.39, 0.29) is 0 Å². The molecule has 1 N–H and O–H groups in total. The van der Waals surface area contributed by atoms with E-state index in [1.807, 2.05) is 0 Å². The summed E-state index contributed by atoms with van der Waals surface area (Å²) in [6.45, 7) is 0.971. The Morgan fingerprint density at radius 3 is 3.07 bits per heavy atom. The van der Waals surface area contributed by atoms with Crippen molar-refractivity contribution in [3.05, 3.63) is 22.7 Å². The molecule has 0 atom stereocenters. The van der Waals surface area contributed by atoms with Gasteiger partial charge in [0.15, 0.2) is 0 Å². The van der Waals surface area contributed by atoms with Crippen molar-refractivity contribution in [2.24, 2.45) is 0 Å². The van der Waals surface area contributed by atoms with E-state index in [1.54, 1.807) is 11.9 Å². The van der Waals surface area contributed by atoms with Crippen molar-refractivity contribution in [1.29, 1.82) is 0 Å². The highest BCUT2D eigenvalue weighted by Crippen LogP contribution is 2.42. The maximum atomic E-state index is 3.59. The predicted molar refractivity (Wildman–Crippen MR) is 63.5 cm³/mol. The minimum Gasteiger partial charge on any atom is -0.354 e. The number of nitrogens with zero attached hydrogens (tertiary/aromatic N) is 1. The zero-order valence-electron chi connectivity index (χ0n) is 7.66. The van der Waals surface area contributed by atoms with Gasteiger partial charge in [-0.05, 0) is 52.9 Å². The van der Waals surface area contributed by atoms with Crippen molar-refractivity contribution in [3.8, 4) is 0 Å². The number of hydrogen-bond donors (Lipinski definition) is 1. The molecule has 0 aromatic heterocycles. The van der Waals surface area contributed by atoms with Crippen molar-refractivity contribution in [2.75, 3.05) is 11.6 Å². The SMILES string of the molecule is Brc1cccc2c1SNCN2C1CC1. The van der Waals surface area contributed by atoms with Crippen LogP contribution in [0.25, 0.3) is 0 Å². The molecule has 1 heterocycles. The highest BCUT2D eigenvalue weighted by molar-refractivity contribution is 9.10. The fourth-order valence-electron chi connectivity index (χ4n) is 1.80. The van der Waals surface area contributed by atoms with Crippen LogP contribution in [0.5, 0.6) is 0 Å². The van der Waals surface area contributed by atoms with Crippen LogP contribution in [0.15, 0.2) is 27.6 Å². The van der Waals surface area contributed by atoms with E-state index in [0.717, 1.165) is 12.7 Å². The molecule has 1 aromatic rings. The van der Waals surface area contributed by atoms with E-state index in [4.69, 9.17) is 0 Å². The monoisotopic (exact) mass is 270 g/mol. The molecule has 0 bridgehead atoms. The van der Waals surface area contributed by atoms with Gasteiger partial charge in [-0.3, -0.25) is 0 Å². The molecular weight excluding hydrogens is 260 g/mol. The lowest BCUT2D eigenvalue weighted by Gasteiger charge is -2.31. The quantitative estimate of drug-likeness (QED) is 0.790. The zero-order valence-corrected chi connectivity index (χ0v) is 10.1. The number of benzene rings is 1. The first-order valence-corrected chi connectivity index (χ1v) is 6.42. The second-order valence-electron chi connectivity index (χ2n) is 3.69. The van der Waals surface area contributed by atoms with Crippen molar-refractivity contribution in [3.63, 3.8) is 0 Å². The third kappa shape index (κ3) is 1.45. The van der Waals surface area contributed by atoms with Gasteiger partial charge in [0.1, 0.15) is 0 Å². The number of halogens is 1. The van der Waals surface area contributed by atoms with Crippen molar-refractivity contribution in [1.82, 2.24) is 4.72 Å². The maximum absolute atomic E-state index is 3.59. The van der Waals surface area contributed by atoms with Gasteiger partial charge < -0.3 is 4.90 Å². The smallest absolute Gasteiger partial charge is 0.0781 e. The lowest BCUT2D eigenvalue weighted by atomic mass is 10.3. The lowest BCUT2D eigenvalue weighted by molar-refractivity contribution is 0.754. The fraction of sp³-hybridized carbons (Fsp3) is 0.400. The van der Waals surface area contributed by atoms with E-state index in [0.29, 0.717) is 0 Å². The highest BCUT2D eigenvalue weighted by atomic mass is 79.9. The summed E-state index contributed by atoms with van der Waals surface area (Å²) in [6.07, 6.45) is 2.69. The molecule has 1 fully saturated rings. The average molecular weight is 271 g/mol. The molecule has 0 radical (unpaired) electrons. The van der Waals surface area contributed by atoms with E-state index in [1.165, 1.54) is 27.9 Å². The predicted octanol–water partition coefficient (Wildman–Crippen LogP) is 2.99. The fourth-order valence-corrected chi connectivity index (χ4v) is 3.20. The van der Waals surface area contributed by atoms with Crippen LogP contribution in [0.2, 0.25) is 0 Å². The summed E-state index contributed by atoms with van der Waals surface area (Å²) in [7, 11) is 0. The van der Waals surface area contributed by atoms with Gasteiger partial charge in [-0.1, -0.05) is 6.07 Å². The molecule has 4 heteroatoms. The Morgan fingerprint density at radius 2 is 2.29 bits per heavy atom. The van der Waals surface area contributed by atoms with Gasteiger partial charge in [0, 0.05) is 10.5 Å². The van der Waals surface area contributed by atoms with E-state index < -0.39 is 0 Å². The summed E-state index contributed by atoms with van der Waals surface area (Å²) >= 11 is 5.32. The van der Waals surface area contributed by atoms with Crippen molar-refractivity contribution >= 4 is 33.6 Å². The van der Waals surface area contributed by atoms with Gasteiger partial charge in [-0.25, -0.2) is 4.72 Å². The second kappa shape index (κ2) is 3.43. The van der Waals surface area contributed by atoms with Gasteiger partial charge in [0.25, 0.3) is 0 Å². The molecule has 0 amide bonds. The molecule has 2 aliphatic rings. The number of hydrogen-bond acceptors (Lipinski definition) is 3. The Labute approximate surface area is 96.3 Å². The van der Waals surface area contributed by atoms with Crippen LogP contribution in [0.1, 0.15) is 12.8 Å². The van der Waals surface area contributed by atoms with Gasteiger partial charge in [0.05, 0.1) is 17.3 Å². The number of rotatable bonds is 1. The van der Waals surface area contributed by atoms with E-state index >= 15 is 0 Å². The van der Waals surface area contributed by atoms with E-state index in [9.17, 15) is 0 Å². The summed E-state index contributed by atoms with van der Waals surface area (Å²) < 4.78 is 4.56. The Kier molecular flexibility index (Phi) is 2.22. The molecule has 2 nitrogen and oxygen atoms in total. The molecule has 1 aliphatic heterocycles. The zero-order chi connectivity index (χ0) is 9.54. The van der Waals surface area contributed by atoms with Crippen LogP contribution in [-0.2, 0) is 0 Å². The molecule has 0 spiro atoms. The summed E-state index contributed by atoms with van der Waals surface area (Å²) in [5.41, 5.74) is 1.38. The van der Waals surface area contributed by atoms with Gasteiger partial charge in [-0.2, -0.15) is 0 Å². The van der Waals surface area contributed by atoms with Crippen LogP contribution in [0.3, 0.4) is 0 Å². The Hall–Kier alpha value is -0.190. The standard InChI is InChI=1S/C10H11BrN2S/c11-8-2-1-3-9-10(8)14-12-6-13(9)7-4-5-7/h1-3,7,12H,4-6H2. The number of fused-ring (bicyclic) bond motifs is 1. The molecule has 14 heavy (non-hydrogen) atoms. The highest BCUT2D eigenvalue weighted by Gasteiger charge is 2.32. The molecule has 74 valence electrons. The minimum atomic E-state index is 0.774. The summed E-state index contributed by atoms with van der Waals surface area (Å²) in [5, 5.41) is 0. The third-order valence-corrected chi connectivity index (χ3v) is 4.48.